The number of amides is 2. The van der Waals surface area contributed by atoms with E-state index in [1.807, 2.05) is 20.8 Å². The van der Waals surface area contributed by atoms with Gasteiger partial charge in [0, 0.05) is 19.8 Å². The zero-order valence-corrected chi connectivity index (χ0v) is 12.3. The van der Waals surface area contributed by atoms with Gasteiger partial charge in [-0.15, -0.1) is 0 Å². The van der Waals surface area contributed by atoms with Gasteiger partial charge in [-0.05, 0) is 11.8 Å². The molecule has 0 aromatic carbocycles. The molecule has 0 aliphatic rings. The maximum absolute atomic E-state index is 11.7. The third kappa shape index (κ3) is 5.73. The van der Waals surface area contributed by atoms with Gasteiger partial charge in [0.2, 0.25) is 0 Å². The van der Waals surface area contributed by atoms with Gasteiger partial charge in [0.15, 0.2) is 0 Å². The highest BCUT2D eigenvalue weighted by molar-refractivity contribution is 5.89. The molecule has 1 atom stereocenters. The number of urea groups is 1. The molecule has 1 aromatic rings. The molecule has 20 heavy (non-hydrogen) atoms. The summed E-state index contributed by atoms with van der Waals surface area (Å²) in [4.78, 5) is 22.8. The molecule has 0 fully saturated rings. The van der Waals surface area contributed by atoms with E-state index in [1.165, 1.54) is 6.20 Å². The molecular formula is C13H22N4O3. The fraction of sp³-hybridized carbons (Fsp3) is 0.615. The van der Waals surface area contributed by atoms with Crippen LogP contribution < -0.4 is 10.6 Å². The second-order valence-electron chi connectivity index (χ2n) is 6.04. The number of anilines is 1. The molecule has 1 aromatic heterocycles. The van der Waals surface area contributed by atoms with Crippen LogP contribution in [0.3, 0.4) is 0 Å². The first-order chi connectivity index (χ1) is 9.17. The number of aryl methyl sites for hydroxylation is 1. The third-order valence-electron chi connectivity index (χ3n) is 2.68. The Kier molecular flexibility index (Phi) is 5.12. The molecule has 3 N–H and O–H groups in total. The Morgan fingerprint density at radius 2 is 2.10 bits per heavy atom. The van der Waals surface area contributed by atoms with Crippen molar-refractivity contribution in [3.05, 3.63) is 12.4 Å². The summed E-state index contributed by atoms with van der Waals surface area (Å²) in [5.41, 5.74) is 0.456. The van der Waals surface area contributed by atoms with Gasteiger partial charge in [-0.2, -0.15) is 5.10 Å². The molecular weight excluding hydrogens is 260 g/mol. The van der Waals surface area contributed by atoms with Crippen molar-refractivity contribution in [3.63, 3.8) is 0 Å². The number of hydrogen-bond acceptors (Lipinski definition) is 3. The van der Waals surface area contributed by atoms with Gasteiger partial charge in [0.05, 0.1) is 17.8 Å². The SMILES string of the molecule is Cn1cc(NC(=O)NCC(CC(C)(C)C)C(=O)O)cn1. The van der Waals surface area contributed by atoms with Gasteiger partial charge in [-0.3, -0.25) is 9.48 Å². The Balaban J connectivity index is 2.46. The second-order valence-corrected chi connectivity index (χ2v) is 6.04. The van der Waals surface area contributed by atoms with E-state index in [0.717, 1.165) is 0 Å². The van der Waals surface area contributed by atoms with E-state index in [4.69, 9.17) is 5.11 Å². The fourth-order valence-electron chi connectivity index (χ4n) is 1.86. The summed E-state index contributed by atoms with van der Waals surface area (Å²) >= 11 is 0. The van der Waals surface area contributed by atoms with Crippen LogP contribution >= 0.6 is 0 Å². The van der Waals surface area contributed by atoms with E-state index in [1.54, 1.807) is 17.9 Å². The Labute approximate surface area is 118 Å². The van der Waals surface area contributed by atoms with Gasteiger partial charge in [-0.25, -0.2) is 4.79 Å². The van der Waals surface area contributed by atoms with Crippen LogP contribution in [0.5, 0.6) is 0 Å². The lowest BCUT2D eigenvalue weighted by atomic mass is 9.84. The Morgan fingerprint density at radius 3 is 2.55 bits per heavy atom. The smallest absolute Gasteiger partial charge is 0.319 e. The Bertz CT molecular complexity index is 476. The minimum absolute atomic E-state index is 0.0959. The van der Waals surface area contributed by atoms with Crippen LogP contribution in [0, 0.1) is 11.3 Å². The predicted octanol–water partition coefficient (Wildman–Crippen LogP) is 1.68. The molecule has 0 bridgehead atoms. The Hall–Kier alpha value is -2.05. The van der Waals surface area contributed by atoms with E-state index >= 15 is 0 Å². The van der Waals surface area contributed by atoms with Crippen LogP contribution in [0.1, 0.15) is 27.2 Å². The fourth-order valence-corrected chi connectivity index (χ4v) is 1.86. The summed E-state index contributed by atoms with van der Waals surface area (Å²) in [7, 11) is 1.74. The van der Waals surface area contributed by atoms with E-state index < -0.39 is 17.9 Å². The number of carboxylic acid groups (broad SMARTS) is 1. The number of carboxylic acids is 1. The highest BCUT2D eigenvalue weighted by Crippen LogP contribution is 2.24. The van der Waals surface area contributed by atoms with Crippen LogP contribution in [0.2, 0.25) is 0 Å². The summed E-state index contributed by atoms with van der Waals surface area (Å²) in [5, 5.41) is 18.2. The number of nitrogens with one attached hydrogen (secondary N) is 2. The Morgan fingerprint density at radius 1 is 1.45 bits per heavy atom. The predicted molar refractivity (Wildman–Crippen MR) is 75.4 cm³/mol. The molecule has 0 spiro atoms. The van der Waals surface area contributed by atoms with Gasteiger partial charge >= 0.3 is 12.0 Å². The van der Waals surface area contributed by atoms with Crippen molar-refractivity contribution in [2.45, 2.75) is 27.2 Å². The molecule has 1 unspecified atom stereocenters. The molecule has 112 valence electrons. The van der Waals surface area contributed by atoms with Crippen LogP contribution in [0.25, 0.3) is 0 Å². The van der Waals surface area contributed by atoms with E-state index in [9.17, 15) is 9.59 Å². The van der Waals surface area contributed by atoms with Crippen LogP contribution in [0.4, 0.5) is 10.5 Å². The molecule has 1 rings (SSSR count). The van der Waals surface area contributed by atoms with Crippen molar-refractivity contribution in [2.75, 3.05) is 11.9 Å². The van der Waals surface area contributed by atoms with Gasteiger partial charge in [0.1, 0.15) is 0 Å². The highest BCUT2D eigenvalue weighted by Gasteiger charge is 2.24. The molecule has 0 aliphatic heterocycles. The summed E-state index contributed by atoms with van der Waals surface area (Å²) < 4.78 is 1.56. The van der Waals surface area contributed by atoms with Crippen LogP contribution in [-0.2, 0) is 11.8 Å². The maximum atomic E-state index is 11.7. The second kappa shape index (κ2) is 6.40. The first-order valence-corrected chi connectivity index (χ1v) is 6.44. The summed E-state index contributed by atoms with van der Waals surface area (Å²) in [6.07, 6.45) is 3.67. The van der Waals surface area contributed by atoms with Crippen molar-refractivity contribution >= 4 is 17.7 Å². The lowest BCUT2D eigenvalue weighted by Crippen LogP contribution is -2.37. The number of aromatic nitrogens is 2. The number of carbonyl (C=O) groups is 2. The lowest BCUT2D eigenvalue weighted by molar-refractivity contribution is -0.142. The highest BCUT2D eigenvalue weighted by atomic mass is 16.4. The molecule has 0 aliphatic carbocycles. The molecule has 7 nitrogen and oxygen atoms in total. The zero-order chi connectivity index (χ0) is 15.3. The monoisotopic (exact) mass is 282 g/mol. The molecule has 7 heteroatoms. The van der Waals surface area contributed by atoms with Crippen molar-refractivity contribution in [2.24, 2.45) is 18.4 Å². The average Bonchev–Trinajstić information content (AvgIpc) is 2.68. The number of rotatable bonds is 5. The average molecular weight is 282 g/mol. The van der Waals surface area contributed by atoms with E-state index in [2.05, 4.69) is 15.7 Å². The minimum atomic E-state index is -0.901. The first kappa shape index (κ1) is 16.0. The quantitative estimate of drug-likeness (QED) is 0.765. The van der Waals surface area contributed by atoms with Gasteiger partial charge in [-0.1, -0.05) is 20.8 Å². The number of hydrogen-bond donors (Lipinski definition) is 3. The van der Waals surface area contributed by atoms with Crippen molar-refractivity contribution < 1.29 is 14.7 Å². The van der Waals surface area contributed by atoms with Crippen LogP contribution in [0.15, 0.2) is 12.4 Å². The number of nitrogens with zero attached hydrogens (tertiary/aromatic N) is 2. The van der Waals surface area contributed by atoms with Crippen molar-refractivity contribution in [1.82, 2.24) is 15.1 Å². The molecule has 0 saturated heterocycles. The summed E-state index contributed by atoms with van der Waals surface area (Å²) in [6, 6.07) is -0.432. The number of aliphatic carboxylic acids is 1. The first-order valence-electron chi connectivity index (χ1n) is 6.44. The lowest BCUT2D eigenvalue weighted by Gasteiger charge is -2.23. The van der Waals surface area contributed by atoms with Crippen LogP contribution in [-0.4, -0.2) is 33.4 Å². The van der Waals surface area contributed by atoms with Crippen molar-refractivity contribution in [1.29, 1.82) is 0 Å². The number of carbonyl (C=O) groups excluding carboxylic acids is 1. The van der Waals surface area contributed by atoms with Gasteiger partial charge in [0.25, 0.3) is 0 Å². The molecule has 2 amide bonds. The molecule has 1 heterocycles. The summed E-state index contributed by atoms with van der Waals surface area (Å²) in [5.74, 6) is -1.50. The standard InChI is InChI=1S/C13H22N4O3/c1-13(2,3)5-9(11(18)19)6-14-12(20)16-10-7-15-17(4)8-10/h7-9H,5-6H2,1-4H3,(H,18,19)(H2,14,16,20). The summed E-state index contributed by atoms with van der Waals surface area (Å²) in [6.45, 7) is 6.01. The van der Waals surface area contributed by atoms with Crippen molar-refractivity contribution in [3.8, 4) is 0 Å². The minimum Gasteiger partial charge on any atom is -0.481 e. The molecule has 0 saturated carbocycles. The maximum Gasteiger partial charge on any atom is 0.319 e. The molecule has 0 radical (unpaired) electrons. The largest absolute Gasteiger partial charge is 0.481 e. The van der Waals surface area contributed by atoms with Gasteiger partial charge < -0.3 is 15.7 Å². The third-order valence-corrected chi connectivity index (χ3v) is 2.68. The van der Waals surface area contributed by atoms with E-state index in [0.29, 0.717) is 12.1 Å². The zero-order valence-electron chi connectivity index (χ0n) is 12.3. The topological polar surface area (TPSA) is 96.2 Å². The van der Waals surface area contributed by atoms with E-state index in [-0.39, 0.29) is 12.0 Å². The normalized spacial score (nSPS) is 12.8.